The third-order valence-electron chi connectivity index (χ3n) is 3.59. The van der Waals surface area contributed by atoms with Crippen LogP contribution in [-0.4, -0.2) is 28.2 Å². The van der Waals surface area contributed by atoms with Crippen molar-refractivity contribution < 1.29 is 27.8 Å². The van der Waals surface area contributed by atoms with Gasteiger partial charge in [0.1, 0.15) is 11.4 Å². The average Bonchev–Trinajstić information content (AvgIpc) is 2.84. The summed E-state index contributed by atoms with van der Waals surface area (Å²) in [6, 6.07) is 11.8. The predicted molar refractivity (Wildman–Crippen MR) is 90.3 cm³/mol. The molecule has 0 amide bonds. The quantitative estimate of drug-likeness (QED) is 0.690. The normalized spacial score (nSPS) is 12.0. The number of aromatic hydroxyl groups is 1. The second kappa shape index (κ2) is 6.55. The number of carbonyl (C=O) groups is 1. The van der Waals surface area contributed by atoms with Crippen LogP contribution in [0.15, 0.2) is 53.5 Å². The molecule has 1 aromatic heterocycles. The van der Waals surface area contributed by atoms with Gasteiger partial charge in [-0.2, -0.15) is 0 Å². The molecule has 26 heavy (non-hydrogen) atoms. The van der Waals surface area contributed by atoms with E-state index in [1.54, 1.807) is 24.3 Å². The summed E-state index contributed by atoms with van der Waals surface area (Å²) in [7, 11) is 0. The lowest BCUT2D eigenvalue weighted by molar-refractivity contribution is -0.274. The first-order valence-electron chi connectivity index (χ1n) is 7.49. The zero-order chi connectivity index (χ0) is 18.9. The molecule has 0 aliphatic rings. The van der Waals surface area contributed by atoms with Crippen LogP contribution in [0.1, 0.15) is 17.4 Å². The average molecular weight is 362 g/mol. The fourth-order valence-electron chi connectivity index (χ4n) is 2.60. The van der Waals surface area contributed by atoms with E-state index in [0.29, 0.717) is 10.9 Å². The summed E-state index contributed by atoms with van der Waals surface area (Å²) in [5, 5.41) is 10.8. The summed E-state index contributed by atoms with van der Waals surface area (Å²) in [6.07, 6.45) is -3.58. The van der Waals surface area contributed by atoms with Gasteiger partial charge in [0.2, 0.25) is 5.91 Å². The molecule has 1 N–H and O–H groups in total. The molecule has 0 unspecified atom stereocenters. The molecule has 0 aliphatic heterocycles. The summed E-state index contributed by atoms with van der Waals surface area (Å²) in [6.45, 7) is 1.33. The SMILES string of the molecule is CC(=O)n1c(C=Nc2cccc(OC(F)(F)F)c2)c(O)c2ccccc21. The Kier molecular flexibility index (Phi) is 4.41. The molecule has 0 atom stereocenters. The molecule has 0 bridgehead atoms. The van der Waals surface area contributed by atoms with Gasteiger partial charge in [-0.3, -0.25) is 14.4 Å². The fraction of sp³-hybridized carbons (Fsp3) is 0.111. The van der Waals surface area contributed by atoms with Crippen LogP contribution < -0.4 is 4.74 Å². The van der Waals surface area contributed by atoms with Crippen LogP contribution in [-0.2, 0) is 0 Å². The van der Waals surface area contributed by atoms with E-state index in [4.69, 9.17) is 0 Å². The molecule has 0 spiro atoms. The van der Waals surface area contributed by atoms with Crippen molar-refractivity contribution in [1.29, 1.82) is 0 Å². The first kappa shape index (κ1) is 17.5. The molecular formula is C18H13F3N2O3. The minimum atomic E-state index is -4.80. The van der Waals surface area contributed by atoms with Gasteiger partial charge in [0, 0.05) is 18.4 Å². The van der Waals surface area contributed by atoms with Crippen LogP contribution in [0.4, 0.5) is 18.9 Å². The van der Waals surface area contributed by atoms with Gasteiger partial charge in [-0.15, -0.1) is 13.2 Å². The topological polar surface area (TPSA) is 63.8 Å². The molecule has 0 radical (unpaired) electrons. The van der Waals surface area contributed by atoms with E-state index >= 15 is 0 Å². The monoisotopic (exact) mass is 362 g/mol. The lowest BCUT2D eigenvalue weighted by Gasteiger charge is -2.08. The fourth-order valence-corrected chi connectivity index (χ4v) is 2.60. The van der Waals surface area contributed by atoms with E-state index in [1.165, 1.54) is 29.8 Å². The molecule has 134 valence electrons. The van der Waals surface area contributed by atoms with Gasteiger partial charge in [-0.1, -0.05) is 18.2 Å². The Balaban J connectivity index is 2.02. The molecule has 3 rings (SSSR count). The molecule has 0 saturated heterocycles. The number of hydrogen-bond acceptors (Lipinski definition) is 4. The van der Waals surface area contributed by atoms with E-state index in [9.17, 15) is 23.1 Å². The van der Waals surface area contributed by atoms with Crippen LogP contribution in [0.2, 0.25) is 0 Å². The molecule has 0 aliphatic carbocycles. The number of fused-ring (bicyclic) bond motifs is 1. The Hall–Kier alpha value is -3.29. The third kappa shape index (κ3) is 3.53. The zero-order valence-corrected chi connectivity index (χ0v) is 13.5. The highest BCUT2D eigenvalue weighted by molar-refractivity contribution is 6.04. The van der Waals surface area contributed by atoms with Gasteiger partial charge >= 0.3 is 6.36 Å². The third-order valence-corrected chi connectivity index (χ3v) is 3.59. The maximum Gasteiger partial charge on any atom is 0.573 e. The number of carbonyl (C=O) groups excluding carboxylic acids is 1. The molecule has 8 heteroatoms. The van der Waals surface area contributed by atoms with E-state index in [0.717, 1.165) is 12.1 Å². The molecule has 0 fully saturated rings. The summed E-state index contributed by atoms with van der Waals surface area (Å²) in [5.74, 6) is -0.886. The standard InChI is InChI=1S/C18H13F3N2O3/c1-11(24)23-15-8-3-2-7-14(15)17(25)16(23)10-22-12-5-4-6-13(9-12)26-18(19,20)21/h2-10,25H,1H3. The van der Waals surface area contributed by atoms with Crippen molar-refractivity contribution in [3.05, 3.63) is 54.2 Å². The highest BCUT2D eigenvalue weighted by atomic mass is 19.4. The number of halogens is 3. The van der Waals surface area contributed by atoms with E-state index in [2.05, 4.69) is 9.73 Å². The zero-order valence-electron chi connectivity index (χ0n) is 13.5. The Morgan fingerprint density at radius 3 is 2.62 bits per heavy atom. The van der Waals surface area contributed by atoms with Crippen molar-refractivity contribution in [3.8, 4) is 11.5 Å². The lowest BCUT2D eigenvalue weighted by atomic mass is 10.2. The first-order chi connectivity index (χ1) is 12.3. The van der Waals surface area contributed by atoms with Gasteiger partial charge in [0.15, 0.2) is 5.75 Å². The Morgan fingerprint density at radius 2 is 1.92 bits per heavy atom. The largest absolute Gasteiger partial charge is 0.573 e. The number of para-hydroxylation sites is 1. The van der Waals surface area contributed by atoms with Gasteiger partial charge in [0.05, 0.1) is 17.4 Å². The van der Waals surface area contributed by atoms with E-state index in [1.807, 2.05) is 0 Å². The summed E-state index contributed by atoms with van der Waals surface area (Å²) in [4.78, 5) is 16.0. The second-order valence-corrected chi connectivity index (χ2v) is 5.41. The van der Waals surface area contributed by atoms with Gasteiger partial charge < -0.3 is 9.84 Å². The van der Waals surface area contributed by atoms with Crippen molar-refractivity contribution in [2.75, 3.05) is 0 Å². The number of aromatic nitrogens is 1. The van der Waals surface area contributed by atoms with Crippen LogP contribution in [0.25, 0.3) is 10.9 Å². The number of nitrogens with zero attached hydrogens (tertiary/aromatic N) is 2. The van der Waals surface area contributed by atoms with Gasteiger partial charge in [0.25, 0.3) is 0 Å². The minimum absolute atomic E-state index is 0.137. The first-order valence-corrected chi connectivity index (χ1v) is 7.49. The Labute approximate surface area is 146 Å². The van der Waals surface area contributed by atoms with Crippen LogP contribution in [0.3, 0.4) is 0 Å². The summed E-state index contributed by atoms with van der Waals surface area (Å²) < 4.78 is 42.0. The molecule has 0 saturated carbocycles. The van der Waals surface area contributed by atoms with Crippen molar-refractivity contribution >= 4 is 28.7 Å². The predicted octanol–water partition coefficient (Wildman–Crippen LogP) is 4.66. The van der Waals surface area contributed by atoms with Gasteiger partial charge in [-0.05, 0) is 24.3 Å². The van der Waals surface area contributed by atoms with Crippen LogP contribution in [0.5, 0.6) is 11.5 Å². The van der Waals surface area contributed by atoms with Gasteiger partial charge in [-0.25, -0.2) is 0 Å². The molecule has 2 aromatic carbocycles. The highest BCUT2D eigenvalue weighted by Gasteiger charge is 2.31. The lowest BCUT2D eigenvalue weighted by Crippen LogP contribution is -2.16. The molecule has 1 heterocycles. The number of hydrogen-bond donors (Lipinski definition) is 1. The van der Waals surface area contributed by atoms with Crippen LogP contribution >= 0.6 is 0 Å². The van der Waals surface area contributed by atoms with Crippen molar-refractivity contribution in [1.82, 2.24) is 4.57 Å². The number of alkyl halides is 3. The number of benzene rings is 2. The number of ether oxygens (including phenoxy) is 1. The summed E-state index contributed by atoms with van der Waals surface area (Å²) in [5.41, 5.74) is 0.820. The minimum Gasteiger partial charge on any atom is -0.505 e. The molecular weight excluding hydrogens is 349 g/mol. The number of aliphatic imine (C=N–C) groups is 1. The Morgan fingerprint density at radius 1 is 1.19 bits per heavy atom. The van der Waals surface area contributed by atoms with Crippen molar-refractivity contribution in [2.45, 2.75) is 13.3 Å². The molecule has 5 nitrogen and oxygen atoms in total. The maximum absolute atomic E-state index is 12.3. The molecule has 3 aromatic rings. The highest BCUT2D eigenvalue weighted by Crippen LogP contribution is 2.32. The maximum atomic E-state index is 12.3. The summed E-state index contributed by atoms with van der Waals surface area (Å²) >= 11 is 0. The van der Waals surface area contributed by atoms with Crippen LogP contribution in [0, 0.1) is 0 Å². The van der Waals surface area contributed by atoms with Crippen molar-refractivity contribution in [3.63, 3.8) is 0 Å². The second-order valence-electron chi connectivity index (χ2n) is 5.41. The van der Waals surface area contributed by atoms with E-state index in [-0.39, 0.29) is 23.0 Å². The van der Waals surface area contributed by atoms with Crippen molar-refractivity contribution in [2.24, 2.45) is 4.99 Å². The number of rotatable bonds is 3. The Bertz CT molecular complexity index is 1010. The smallest absolute Gasteiger partial charge is 0.505 e. The van der Waals surface area contributed by atoms with E-state index < -0.39 is 12.1 Å².